The van der Waals surface area contributed by atoms with Gasteiger partial charge in [-0.05, 0) is 61.0 Å². The summed E-state index contributed by atoms with van der Waals surface area (Å²) in [6.45, 7) is 12.4. The van der Waals surface area contributed by atoms with Crippen molar-refractivity contribution in [1.29, 1.82) is 0 Å². The van der Waals surface area contributed by atoms with Crippen molar-refractivity contribution in [2.75, 3.05) is 0 Å². The van der Waals surface area contributed by atoms with E-state index in [1.807, 2.05) is 6.92 Å². The highest BCUT2D eigenvalue weighted by molar-refractivity contribution is 5.38. The van der Waals surface area contributed by atoms with Gasteiger partial charge in [-0.15, -0.1) is 0 Å². The third kappa shape index (κ3) is 2.06. The van der Waals surface area contributed by atoms with Gasteiger partial charge < -0.3 is 15.3 Å². The van der Waals surface area contributed by atoms with Gasteiger partial charge in [-0.1, -0.05) is 40.3 Å². The van der Waals surface area contributed by atoms with Crippen LogP contribution in [0.5, 0.6) is 0 Å². The van der Waals surface area contributed by atoms with Gasteiger partial charge in [-0.2, -0.15) is 0 Å². The Bertz CT molecular complexity index is 565. The maximum atomic E-state index is 11.6. The maximum absolute atomic E-state index is 11.6. The fourth-order valence-corrected chi connectivity index (χ4v) is 5.49. The summed E-state index contributed by atoms with van der Waals surface area (Å²) in [7, 11) is 0. The van der Waals surface area contributed by atoms with Gasteiger partial charge in [0.1, 0.15) is 0 Å². The van der Waals surface area contributed by atoms with E-state index < -0.39 is 22.7 Å². The molecule has 0 amide bonds. The van der Waals surface area contributed by atoms with E-state index in [1.54, 1.807) is 0 Å². The summed E-state index contributed by atoms with van der Waals surface area (Å²) >= 11 is 0. The monoisotopic (exact) mass is 320 g/mol. The van der Waals surface area contributed by atoms with Gasteiger partial charge in [0.25, 0.3) is 0 Å². The molecule has 0 aromatic rings. The minimum Gasteiger partial charge on any atom is -0.392 e. The van der Waals surface area contributed by atoms with Crippen molar-refractivity contribution in [1.82, 2.24) is 0 Å². The Balaban J connectivity index is 2.12. The van der Waals surface area contributed by atoms with Crippen molar-refractivity contribution in [3.8, 4) is 0 Å². The van der Waals surface area contributed by atoms with Gasteiger partial charge in [0.2, 0.25) is 0 Å². The normalized spacial score (nSPS) is 50.3. The quantitative estimate of drug-likeness (QED) is 0.649. The van der Waals surface area contributed by atoms with Crippen molar-refractivity contribution in [3.63, 3.8) is 0 Å². The summed E-state index contributed by atoms with van der Waals surface area (Å²) in [5.74, 6) is 0.145. The van der Waals surface area contributed by atoms with Crippen LogP contribution in [-0.2, 0) is 0 Å². The van der Waals surface area contributed by atoms with Crippen molar-refractivity contribution in [2.24, 2.45) is 16.7 Å². The molecule has 3 N–H and O–H groups in total. The Labute approximate surface area is 140 Å². The first-order valence-corrected chi connectivity index (χ1v) is 9.02. The van der Waals surface area contributed by atoms with E-state index in [9.17, 15) is 15.3 Å². The van der Waals surface area contributed by atoms with Crippen LogP contribution in [0.1, 0.15) is 66.2 Å². The number of aliphatic hydroxyl groups is 3. The summed E-state index contributed by atoms with van der Waals surface area (Å²) < 4.78 is 0. The zero-order valence-electron chi connectivity index (χ0n) is 15.0. The van der Waals surface area contributed by atoms with Gasteiger partial charge in [0.15, 0.2) is 0 Å². The molecule has 2 fully saturated rings. The topological polar surface area (TPSA) is 60.7 Å². The molecule has 3 nitrogen and oxygen atoms in total. The van der Waals surface area contributed by atoms with E-state index in [0.717, 1.165) is 24.0 Å². The third-order valence-corrected chi connectivity index (χ3v) is 7.49. The molecule has 0 radical (unpaired) electrons. The van der Waals surface area contributed by atoms with E-state index in [4.69, 9.17) is 0 Å². The highest BCUT2D eigenvalue weighted by atomic mass is 16.3. The molecule has 0 saturated heterocycles. The molecule has 23 heavy (non-hydrogen) atoms. The molecule has 0 bridgehead atoms. The number of rotatable bonds is 1. The van der Waals surface area contributed by atoms with Crippen LogP contribution in [0.25, 0.3) is 0 Å². The predicted molar refractivity (Wildman–Crippen MR) is 91.9 cm³/mol. The number of hydrogen-bond donors (Lipinski definition) is 3. The van der Waals surface area contributed by atoms with Crippen molar-refractivity contribution in [2.45, 2.75) is 83.5 Å². The Morgan fingerprint density at radius 3 is 2.48 bits per heavy atom. The van der Waals surface area contributed by atoms with Crippen LogP contribution in [-0.4, -0.2) is 32.6 Å². The van der Waals surface area contributed by atoms with Crippen LogP contribution in [0.3, 0.4) is 0 Å². The van der Waals surface area contributed by atoms with Gasteiger partial charge >= 0.3 is 0 Å². The molecule has 3 aliphatic rings. The molecular formula is C20H32O3. The smallest absolute Gasteiger partial charge is 0.0943 e. The number of aliphatic hydroxyl groups excluding tert-OH is 1. The lowest BCUT2D eigenvalue weighted by atomic mass is 9.56. The SMILES string of the molecule is C=C1CC[C@@H](O)[C@@]2(C)CC=C3[C@](C)(CC[C@@]3(O)C(C)C)C[C@]12O. The van der Waals surface area contributed by atoms with E-state index in [2.05, 4.69) is 33.4 Å². The van der Waals surface area contributed by atoms with Crippen LogP contribution < -0.4 is 0 Å². The summed E-state index contributed by atoms with van der Waals surface area (Å²) in [5, 5.41) is 33.5. The van der Waals surface area contributed by atoms with E-state index in [0.29, 0.717) is 25.7 Å². The number of fused-ring (bicyclic) bond motifs is 2. The molecule has 0 heterocycles. The van der Waals surface area contributed by atoms with Crippen LogP contribution in [0.15, 0.2) is 23.8 Å². The largest absolute Gasteiger partial charge is 0.392 e. The highest BCUT2D eigenvalue weighted by Gasteiger charge is 2.62. The Kier molecular flexibility index (Phi) is 3.69. The molecule has 3 rings (SSSR count). The molecule has 0 aromatic carbocycles. The number of hydrogen-bond acceptors (Lipinski definition) is 3. The molecule has 130 valence electrons. The fourth-order valence-electron chi connectivity index (χ4n) is 5.49. The fraction of sp³-hybridized carbons (Fsp3) is 0.800. The summed E-state index contributed by atoms with van der Waals surface area (Å²) in [6.07, 6.45) is 5.68. The molecular weight excluding hydrogens is 288 g/mol. The Morgan fingerprint density at radius 2 is 1.87 bits per heavy atom. The standard InChI is InChI=1S/C20H32O3/c1-13(2)19(22)11-10-17(4)12-20(23)14(3)6-7-16(21)18(20,5)9-8-15(17)19/h8,13,16,21-23H,3,6-7,9-12H2,1-2,4-5H3/t16-,17-,18-,19-,20+/m1/s1. The predicted octanol–water partition coefficient (Wildman–Crippen LogP) is 3.34. The molecule has 3 aliphatic carbocycles. The van der Waals surface area contributed by atoms with Crippen LogP contribution in [0.2, 0.25) is 0 Å². The lowest BCUT2D eigenvalue weighted by Gasteiger charge is -2.53. The molecule has 0 aromatic heterocycles. The Morgan fingerprint density at radius 1 is 1.22 bits per heavy atom. The minimum absolute atomic E-state index is 0.145. The molecule has 5 atom stereocenters. The van der Waals surface area contributed by atoms with Crippen LogP contribution >= 0.6 is 0 Å². The second-order valence-corrected chi connectivity index (χ2v) is 9.07. The van der Waals surface area contributed by atoms with Crippen LogP contribution in [0, 0.1) is 16.7 Å². The maximum Gasteiger partial charge on any atom is 0.0943 e. The van der Waals surface area contributed by atoms with Crippen molar-refractivity contribution in [3.05, 3.63) is 23.8 Å². The molecule has 0 aliphatic heterocycles. The van der Waals surface area contributed by atoms with E-state index in [1.165, 1.54) is 0 Å². The molecule has 0 unspecified atom stereocenters. The van der Waals surface area contributed by atoms with Crippen molar-refractivity contribution < 1.29 is 15.3 Å². The molecule has 0 spiro atoms. The first kappa shape index (κ1) is 17.2. The highest BCUT2D eigenvalue weighted by Crippen LogP contribution is 2.63. The van der Waals surface area contributed by atoms with E-state index in [-0.39, 0.29) is 11.3 Å². The summed E-state index contributed by atoms with van der Waals surface area (Å²) in [4.78, 5) is 0. The van der Waals surface area contributed by atoms with E-state index >= 15 is 0 Å². The first-order valence-electron chi connectivity index (χ1n) is 9.02. The van der Waals surface area contributed by atoms with Gasteiger partial charge in [0, 0.05) is 5.41 Å². The molecule has 3 heteroatoms. The average molecular weight is 320 g/mol. The van der Waals surface area contributed by atoms with Crippen LogP contribution in [0.4, 0.5) is 0 Å². The summed E-state index contributed by atoms with van der Waals surface area (Å²) in [5.41, 5.74) is -0.794. The van der Waals surface area contributed by atoms with Gasteiger partial charge in [-0.25, -0.2) is 0 Å². The van der Waals surface area contributed by atoms with Gasteiger partial charge in [0.05, 0.1) is 17.3 Å². The lowest BCUT2D eigenvalue weighted by molar-refractivity contribution is -0.142. The zero-order chi connectivity index (χ0) is 17.3. The first-order chi connectivity index (χ1) is 10.5. The van der Waals surface area contributed by atoms with Crippen molar-refractivity contribution >= 4 is 0 Å². The zero-order valence-corrected chi connectivity index (χ0v) is 15.0. The average Bonchev–Trinajstić information content (AvgIpc) is 2.66. The van der Waals surface area contributed by atoms with Gasteiger partial charge in [-0.3, -0.25) is 0 Å². The Hall–Kier alpha value is -0.640. The summed E-state index contributed by atoms with van der Waals surface area (Å²) in [6, 6.07) is 0. The lowest BCUT2D eigenvalue weighted by Crippen LogP contribution is -2.58. The second kappa shape index (κ2) is 4.93. The second-order valence-electron chi connectivity index (χ2n) is 9.07. The minimum atomic E-state index is -1.07. The number of allylic oxidation sites excluding steroid dienone is 1. The third-order valence-electron chi connectivity index (χ3n) is 7.49. The molecule has 2 saturated carbocycles.